The van der Waals surface area contributed by atoms with E-state index in [1.54, 1.807) is 39.8 Å². The summed E-state index contributed by atoms with van der Waals surface area (Å²) in [4.78, 5) is 0. The van der Waals surface area contributed by atoms with Crippen molar-refractivity contribution in [3.8, 4) is 0 Å². The molecule has 0 bridgehead atoms. The highest BCUT2D eigenvalue weighted by Gasteiger charge is 2.55. The minimum absolute atomic E-state index is 0.114. The summed E-state index contributed by atoms with van der Waals surface area (Å²) in [5, 5.41) is 0. The topological polar surface area (TPSA) is 7.94 Å². The number of aromatic nitrogens is 1. The maximum Gasteiger partial charge on any atom is 0.737 e. The van der Waals surface area contributed by atoms with Gasteiger partial charge in [-0.3, -0.25) is 0 Å². The average Bonchev–Trinajstić information content (AvgIpc) is 2.99. The van der Waals surface area contributed by atoms with E-state index in [0.717, 1.165) is 21.1 Å². The van der Waals surface area contributed by atoms with Gasteiger partial charge >= 0.3 is 6.97 Å². The van der Waals surface area contributed by atoms with Crippen molar-refractivity contribution in [2.45, 2.75) is 27.7 Å². The van der Waals surface area contributed by atoms with Crippen LogP contribution in [-0.4, -0.2) is 21.6 Å². The Morgan fingerprint density at radius 3 is 2.35 bits per heavy atom. The lowest BCUT2D eigenvalue weighted by molar-refractivity contribution is -0.363. The third-order valence-electron chi connectivity index (χ3n) is 5.13. The number of hydrogen-bond acceptors (Lipinski definition) is 0. The van der Waals surface area contributed by atoms with Crippen LogP contribution < -0.4 is 0 Å². The lowest BCUT2D eigenvalue weighted by atomic mass is 9.83. The molecular weight excluding hydrogens is 343 g/mol. The molecule has 0 aliphatic carbocycles. The van der Waals surface area contributed by atoms with Gasteiger partial charge in [0.25, 0.3) is 0 Å². The molecule has 0 fully saturated rings. The standard InChI is InChI=1S/C19H17BF4N2/c1-10-7-12(3)25-18(10)17(15-6-5-14(21)9-16(15)22)19-11(2)8-13(4)26(19)20(25,23)24/h5-9H,1-4H3. The molecule has 0 saturated heterocycles. The van der Waals surface area contributed by atoms with Crippen LogP contribution in [0.3, 0.4) is 0 Å². The molecule has 3 heterocycles. The lowest BCUT2D eigenvalue weighted by Crippen LogP contribution is -2.51. The molecule has 0 saturated carbocycles. The molecule has 1 aromatic carbocycles. The number of allylic oxidation sites excluding steroid dienone is 2. The summed E-state index contributed by atoms with van der Waals surface area (Å²) in [6.45, 7) is 2.58. The molecule has 4 rings (SSSR count). The Morgan fingerprint density at radius 1 is 1.00 bits per heavy atom. The SMILES string of the molecule is CC1=CC(C)=[N+]2C1=C(c1ccc(F)cc1F)c1c(C)cc(C)n1[B-]2(F)F. The Balaban J connectivity index is 2.20. The molecule has 0 N–H and O–H groups in total. The smallest absolute Gasteiger partial charge is 0.393 e. The second-order valence-electron chi connectivity index (χ2n) is 6.96. The number of aryl methyl sites for hydroxylation is 2. The van der Waals surface area contributed by atoms with E-state index < -0.39 is 18.6 Å². The van der Waals surface area contributed by atoms with Gasteiger partial charge in [0.05, 0.1) is 5.57 Å². The van der Waals surface area contributed by atoms with Crippen LogP contribution in [0.5, 0.6) is 0 Å². The number of nitrogens with zero attached hydrogens (tertiary/aromatic N) is 2. The fraction of sp³-hybridized carbons (Fsp3) is 0.211. The fourth-order valence-electron chi connectivity index (χ4n) is 4.25. The number of halogens is 4. The highest BCUT2D eigenvalue weighted by molar-refractivity contribution is 6.58. The van der Waals surface area contributed by atoms with Gasteiger partial charge in [-0.1, -0.05) is 0 Å². The van der Waals surface area contributed by atoms with E-state index in [1.165, 1.54) is 6.07 Å². The highest BCUT2D eigenvalue weighted by Crippen LogP contribution is 2.44. The van der Waals surface area contributed by atoms with Crippen LogP contribution in [0.1, 0.15) is 36.4 Å². The number of benzene rings is 1. The van der Waals surface area contributed by atoms with E-state index in [1.807, 2.05) is 0 Å². The summed E-state index contributed by atoms with van der Waals surface area (Å²) in [5.41, 5.74) is 3.12. The van der Waals surface area contributed by atoms with Crippen LogP contribution in [0.15, 0.2) is 41.6 Å². The largest absolute Gasteiger partial charge is 0.737 e. The van der Waals surface area contributed by atoms with Gasteiger partial charge in [0, 0.05) is 35.9 Å². The third kappa shape index (κ3) is 2.03. The summed E-state index contributed by atoms with van der Waals surface area (Å²) in [6, 6.07) is 4.91. The second-order valence-corrected chi connectivity index (χ2v) is 6.96. The van der Waals surface area contributed by atoms with E-state index in [4.69, 9.17) is 0 Å². The fourth-order valence-corrected chi connectivity index (χ4v) is 4.25. The predicted molar refractivity (Wildman–Crippen MR) is 94.4 cm³/mol. The first-order chi connectivity index (χ1) is 12.1. The molecule has 1 aromatic heterocycles. The molecule has 0 amide bonds. The second kappa shape index (κ2) is 5.22. The maximum absolute atomic E-state index is 15.4. The van der Waals surface area contributed by atoms with Gasteiger partial charge in [-0.05, 0) is 50.2 Å². The third-order valence-corrected chi connectivity index (χ3v) is 5.13. The van der Waals surface area contributed by atoms with Gasteiger partial charge in [0.2, 0.25) is 0 Å². The quantitative estimate of drug-likeness (QED) is 0.509. The zero-order valence-electron chi connectivity index (χ0n) is 14.9. The van der Waals surface area contributed by atoms with Gasteiger partial charge in [0.15, 0.2) is 5.70 Å². The van der Waals surface area contributed by atoms with Gasteiger partial charge in [0.1, 0.15) is 17.3 Å². The maximum atomic E-state index is 15.4. The molecule has 26 heavy (non-hydrogen) atoms. The van der Waals surface area contributed by atoms with Crippen molar-refractivity contribution in [2.24, 2.45) is 0 Å². The van der Waals surface area contributed by atoms with Crippen LogP contribution >= 0.6 is 0 Å². The normalized spacial score (nSPS) is 18.2. The van der Waals surface area contributed by atoms with Crippen LogP contribution in [0, 0.1) is 25.5 Å². The molecule has 0 unspecified atom stereocenters. The van der Waals surface area contributed by atoms with Crippen molar-refractivity contribution in [3.05, 3.63) is 75.8 Å². The van der Waals surface area contributed by atoms with E-state index in [-0.39, 0.29) is 17.0 Å². The van der Waals surface area contributed by atoms with Crippen LogP contribution in [-0.2, 0) is 0 Å². The molecule has 2 aromatic rings. The zero-order valence-corrected chi connectivity index (χ0v) is 14.9. The summed E-state index contributed by atoms with van der Waals surface area (Å²) < 4.78 is 60.9. The molecular formula is C19H17BF4N2. The van der Waals surface area contributed by atoms with Crippen molar-refractivity contribution in [1.82, 2.24) is 4.48 Å². The number of hydrogen-bond donors (Lipinski definition) is 0. The summed E-state index contributed by atoms with van der Waals surface area (Å²) in [5.74, 6) is -1.48. The van der Waals surface area contributed by atoms with E-state index >= 15 is 8.63 Å². The van der Waals surface area contributed by atoms with Crippen molar-refractivity contribution < 1.29 is 21.9 Å². The molecule has 134 valence electrons. The molecule has 0 atom stereocenters. The van der Waals surface area contributed by atoms with E-state index in [9.17, 15) is 8.78 Å². The Hall–Kier alpha value is -2.57. The van der Waals surface area contributed by atoms with Crippen LogP contribution in [0.25, 0.3) is 5.57 Å². The first-order valence-corrected chi connectivity index (χ1v) is 8.37. The average molecular weight is 360 g/mol. The van der Waals surface area contributed by atoms with Gasteiger partial charge < -0.3 is 17.6 Å². The minimum atomic E-state index is -4.10. The Labute approximate surface area is 148 Å². The van der Waals surface area contributed by atoms with E-state index in [2.05, 4.69) is 0 Å². The van der Waals surface area contributed by atoms with Crippen molar-refractivity contribution in [2.75, 3.05) is 0 Å². The van der Waals surface area contributed by atoms with Crippen LogP contribution in [0.2, 0.25) is 0 Å². The monoisotopic (exact) mass is 360 g/mol. The van der Waals surface area contributed by atoms with Crippen molar-refractivity contribution >= 4 is 18.3 Å². The molecule has 2 aliphatic heterocycles. The van der Waals surface area contributed by atoms with Gasteiger partial charge in [-0.25, -0.2) is 8.78 Å². The number of rotatable bonds is 1. The van der Waals surface area contributed by atoms with Crippen LogP contribution in [0.4, 0.5) is 17.4 Å². The summed E-state index contributed by atoms with van der Waals surface area (Å²) in [6.07, 6.45) is 1.67. The molecule has 0 radical (unpaired) electrons. The van der Waals surface area contributed by atoms with Crippen molar-refractivity contribution in [1.29, 1.82) is 0 Å². The van der Waals surface area contributed by atoms with Crippen molar-refractivity contribution in [3.63, 3.8) is 0 Å². The zero-order chi connectivity index (χ0) is 19.0. The highest BCUT2D eigenvalue weighted by atomic mass is 19.2. The Kier molecular flexibility index (Phi) is 3.39. The lowest BCUT2D eigenvalue weighted by Gasteiger charge is -2.34. The Bertz CT molecular complexity index is 1070. The van der Waals surface area contributed by atoms with Gasteiger partial charge in [-0.2, -0.15) is 0 Å². The van der Waals surface area contributed by atoms with Gasteiger partial charge in [-0.15, -0.1) is 0 Å². The molecule has 2 nitrogen and oxygen atoms in total. The van der Waals surface area contributed by atoms with E-state index in [0.29, 0.717) is 28.1 Å². The Morgan fingerprint density at radius 2 is 1.69 bits per heavy atom. The predicted octanol–water partition coefficient (Wildman–Crippen LogP) is 4.81. The first kappa shape index (κ1) is 16.9. The molecule has 7 heteroatoms. The summed E-state index contributed by atoms with van der Waals surface area (Å²) >= 11 is 0. The molecule has 0 spiro atoms. The molecule has 2 aliphatic rings. The first-order valence-electron chi connectivity index (χ1n) is 8.37. The number of fused-ring (bicyclic) bond motifs is 2. The summed E-state index contributed by atoms with van der Waals surface area (Å²) in [7, 11) is 0. The minimum Gasteiger partial charge on any atom is -0.393 e.